The number of H-pyrrole nitrogens is 2. The normalized spacial score (nSPS) is 11.7. The van der Waals surface area contributed by atoms with Crippen LogP contribution in [0.2, 0.25) is 0 Å². The molecule has 0 saturated heterocycles. The van der Waals surface area contributed by atoms with Crippen molar-refractivity contribution in [1.29, 1.82) is 10.5 Å². The number of ether oxygens (including phenoxy) is 1. The first-order chi connectivity index (χ1) is 10.1. The summed E-state index contributed by atoms with van der Waals surface area (Å²) < 4.78 is 5.30. The number of aromatic amines is 2. The van der Waals surface area contributed by atoms with Gasteiger partial charge in [-0.25, -0.2) is 0 Å². The zero-order valence-electron chi connectivity index (χ0n) is 11.7. The van der Waals surface area contributed by atoms with Gasteiger partial charge in [0.15, 0.2) is 0 Å². The predicted octanol–water partition coefficient (Wildman–Crippen LogP) is 1.82. The molecule has 0 bridgehead atoms. The molecule has 6 nitrogen and oxygen atoms in total. The summed E-state index contributed by atoms with van der Waals surface area (Å²) >= 11 is 0. The number of nitriles is 2. The van der Waals surface area contributed by atoms with E-state index in [4.69, 9.17) is 4.74 Å². The molecule has 1 heterocycles. The van der Waals surface area contributed by atoms with Crippen LogP contribution in [0, 0.1) is 35.5 Å². The molecule has 1 atom stereocenters. The van der Waals surface area contributed by atoms with Gasteiger partial charge in [0.05, 0.1) is 19.2 Å². The summed E-state index contributed by atoms with van der Waals surface area (Å²) in [6.45, 7) is 1.72. The fourth-order valence-electron chi connectivity index (χ4n) is 2.43. The molecule has 6 heteroatoms. The minimum absolute atomic E-state index is 0.334. The molecule has 0 unspecified atom stereocenters. The number of aryl methyl sites for hydroxylation is 1. The van der Waals surface area contributed by atoms with E-state index in [0.717, 1.165) is 0 Å². The van der Waals surface area contributed by atoms with Crippen molar-refractivity contribution in [2.45, 2.75) is 12.8 Å². The molecular weight excluding hydrogens is 268 g/mol. The lowest BCUT2D eigenvalue weighted by molar-refractivity contribution is 0.406. The Labute approximate surface area is 121 Å². The average Bonchev–Trinajstić information content (AvgIpc) is 2.84. The van der Waals surface area contributed by atoms with Gasteiger partial charge in [0.1, 0.15) is 11.7 Å². The maximum atomic E-state index is 12.0. The topological polar surface area (TPSA) is 105 Å². The Balaban J connectivity index is 2.72. The third kappa shape index (κ3) is 2.52. The Bertz CT molecular complexity index is 762. The summed E-state index contributed by atoms with van der Waals surface area (Å²) in [6.07, 6.45) is 0. The molecule has 0 aliphatic heterocycles. The first kappa shape index (κ1) is 14.4. The predicted molar refractivity (Wildman–Crippen MR) is 75.7 cm³/mol. The molecule has 0 spiro atoms. The van der Waals surface area contributed by atoms with Gasteiger partial charge in [-0.1, -0.05) is 18.2 Å². The van der Waals surface area contributed by atoms with Gasteiger partial charge >= 0.3 is 0 Å². The van der Waals surface area contributed by atoms with Crippen molar-refractivity contribution in [3.8, 4) is 17.9 Å². The summed E-state index contributed by atoms with van der Waals surface area (Å²) in [5.74, 6) is -1.12. The van der Waals surface area contributed by atoms with Crippen LogP contribution in [0.5, 0.6) is 5.75 Å². The van der Waals surface area contributed by atoms with E-state index in [1.807, 2.05) is 12.1 Å². The number of rotatable bonds is 4. The quantitative estimate of drug-likeness (QED) is 0.892. The number of hydrogen-bond acceptors (Lipinski definition) is 4. The van der Waals surface area contributed by atoms with Crippen molar-refractivity contribution in [2.75, 3.05) is 7.11 Å². The van der Waals surface area contributed by atoms with E-state index < -0.39 is 11.8 Å². The number of para-hydroxylation sites is 1. The van der Waals surface area contributed by atoms with E-state index in [1.54, 1.807) is 31.2 Å². The minimum Gasteiger partial charge on any atom is -0.496 e. The van der Waals surface area contributed by atoms with Gasteiger partial charge in [-0.3, -0.25) is 9.89 Å². The van der Waals surface area contributed by atoms with E-state index in [0.29, 0.717) is 22.6 Å². The molecule has 1 aromatic carbocycles. The molecule has 0 aliphatic rings. The molecule has 2 N–H and O–H groups in total. The van der Waals surface area contributed by atoms with E-state index in [2.05, 4.69) is 10.2 Å². The second-order valence-electron chi connectivity index (χ2n) is 4.57. The molecule has 21 heavy (non-hydrogen) atoms. The van der Waals surface area contributed by atoms with Crippen molar-refractivity contribution in [1.82, 2.24) is 10.2 Å². The highest BCUT2D eigenvalue weighted by molar-refractivity contribution is 5.45. The molecule has 0 saturated carbocycles. The average molecular weight is 282 g/mol. The van der Waals surface area contributed by atoms with Gasteiger partial charge in [-0.05, 0) is 13.0 Å². The highest BCUT2D eigenvalue weighted by atomic mass is 16.5. The van der Waals surface area contributed by atoms with Crippen LogP contribution in [-0.4, -0.2) is 17.3 Å². The van der Waals surface area contributed by atoms with Crippen molar-refractivity contribution in [3.63, 3.8) is 0 Å². The largest absolute Gasteiger partial charge is 0.496 e. The van der Waals surface area contributed by atoms with Gasteiger partial charge in [0.2, 0.25) is 0 Å². The van der Waals surface area contributed by atoms with Gasteiger partial charge in [0, 0.05) is 22.7 Å². The zero-order chi connectivity index (χ0) is 15.4. The van der Waals surface area contributed by atoms with E-state index in [1.165, 1.54) is 7.11 Å². The molecule has 1 aromatic heterocycles. The summed E-state index contributed by atoms with van der Waals surface area (Å²) in [6, 6.07) is 11.0. The Hall–Kier alpha value is -2.99. The second-order valence-corrected chi connectivity index (χ2v) is 4.57. The van der Waals surface area contributed by atoms with Crippen molar-refractivity contribution >= 4 is 0 Å². The first-order valence-corrected chi connectivity index (χ1v) is 6.33. The lowest BCUT2D eigenvalue weighted by atomic mass is 9.81. The Kier molecular flexibility index (Phi) is 4.10. The maximum absolute atomic E-state index is 12.0. The van der Waals surface area contributed by atoms with Crippen LogP contribution in [0.1, 0.15) is 22.7 Å². The summed E-state index contributed by atoms with van der Waals surface area (Å²) in [4.78, 5) is 12.0. The zero-order valence-corrected chi connectivity index (χ0v) is 11.7. The smallest absolute Gasteiger partial charge is 0.268 e. The number of hydrogen-bond donors (Lipinski definition) is 2. The summed E-state index contributed by atoms with van der Waals surface area (Å²) in [5, 5.41) is 23.8. The Morgan fingerprint density at radius 3 is 2.38 bits per heavy atom. The van der Waals surface area contributed by atoms with Crippen LogP contribution >= 0.6 is 0 Å². The van der Waals surface area contributed by atoms with E-state index in [-0.39, 0.29) is 5.56 Å². The number of nitrogens with zero attached hydrogens (tertiary/aromatic N) is 2. The number of aromatic nitrogens is 2. The highest BCUT2D eigenvalue weighted by Gasteiger charge is 2.31. The van der Waals surface area contributed by atoms with Crippen LogP contribution in [0.4, 0.5) is 0 Å². The SMILES string of the molecule is COc1ccccc1[C@H](c1c(C)[nH][nH]c1=O)C(C#N)C#N. The fraction of sp³-hybridized carbons (Fsp3) is 0.267. The fourth-order valence-corrected chi connectivity index (χ4v) is 2.43. The third-order valence-electron chi connectivity index (χ3n) is 3.41. The first-order valence-electron chi connectivity index (χ1n) is 6.33. The van der Waals surface area contributed by atoms with Crippen LogP contribution in [0.25, 0.3) is 0 Å². The van der Waals surface area contributed by atoms with E-state index in [9.17, 15) is 15.3 Å². The van der Waals surface area contributed by atoms with Crippen molar-refractivity contribution in [3.05, 3.63) is 51.4 Å². The maximum Gasteiger partial charge on any atom is 0.268 e. The van der Waals surface area contributed by atoms with Gasteiger partial charge < -0.3 is 9.84 Å². The monoisotopic (exact) mass is 282 g/mol. The Morgan fingerprint density at radius 2 is 1.86 bits per heavy atom. The highest BCUT2D eigenvalue weighted by Crippen LogP contribution is 2.36. The second kappa shape index (κ2) is 5.98. The third-order valence-corrected chi connectivity index (χ3v) is 3.41. The molecule has 106 valence electrons. The lowest BCUT2D eigenvalue weighted by Crippen LogP contribution is -2.20. The van der Waals surface area contributed by atoms with Gasteiger partial charge in [-0.2, -0.15) is 10.5 Å². The standard InChI is InChI=1S/C15H14N4O2/c1-9-13(15(20)19-18-9)14(10(7-16)8-17)11-5-3-4-6-12(11)21-2/h3-6,10,14H,1-2H3,(H2,18,19,20)/t14-/m1/s1. The molecule has 2 aromatic rings. The molecule has 0 radical (unpaired) electrons. The summed E-state index contributed by atoms with van der Waals surface area (Å²) in [5.41, 5.74) is 1.29. The van der Waals surface area contributed by atoms with E-state index >= 15 is 0 Å². The number of benzene rings is 1. The molecule has 0 amide bonds. The lowest BCUT2D eigenvalue weighted by Gasteiger charge is -2.19. The number of methoxy groups -OCH3 is 1. The van der Waals surface area contributed by atoms with Crippen LogP contribution < -0.4 is 10.3 Å². The van der Waals surface area contributed by atoms with Crippen molar-refractivity contribution in [2.24, 2.45) is 5.92 Å². The van der Waals surface area contributed by atoms with Crippen LogP contribution in [0.3, 0.4) is 0 Å². The molecule has 0 fully saturated rings. The minimum atomic E-state index is -0.989. The van der Waals surface area contributed by atoms with Crippen LogP contribution in [0.15, 0.2) is 29.1 Å². The van der Waals surface area contributed by atoms with Crippen LogP contribution in [-0.2, 0) is 0 Å². The summed E-state index contributed by atoms with van der Waals surface area (Å²) in [7, 11) is 1.51. The van der Waals surface area contributed by atoms with Crippen molar-refractivity contribution < 1.29 is 4.74 Å². The van der Waals surface area contributed by atoms with Gasteiger partial charge in [-0.15, -0.1) is 0 Å². The molecular formula is C15H14N4O2. The number of nitrogens with one attached hydrogen (secondary N) is 2. The molecule has 0 aliphatic carbocycles. The van der Waals surface area contributed by atoms with Gasteiger partial charge in [0.25, 0.3) is 5.56 Å². The Morgan fingerprint density at radius 1 is 1.19 bits per heavy atom. The molecule has 2 rings (SSSR count).